The van der Waals surface area contributed by atoms with Gasteiger partial charge in [-0.2, -0.15) is 0 Å². The number of hydrogen-bond donors (Lipinski definition) is 2. The van der Waals surface area contributed by atoms with Crippen LogP contribution < -0.4 is 10.6 Å². The Balaban J connectivity index is 2.09. The van der Waals surface area contributed by atoms with Gasteiger partial charge < -0.3 is 15.2 Å². The van der Waals surface area contributed by atoms with E-state index in [2.05, 4.69) is 15.8 Å². The molecule has 0 atom stereocenters. The van der Waals surface area contributed by atoms with Gasteiger partial charge in [0.15, 0.2) is 0 Å². The Hall–Kier alpha value is -2.30. The highest BCUT2D eigenvalue weighted by Crippen LogP contribution is 2.27. The summed E-state index contributed by atoms with van der Waals surface area (Å²) in [5.41, 5.74) is 3.66. The van der Waals surface area contributed by atoms with E-state index in [1.165, 1.54) is 0 Å². The van der Waals surface area contributed by atoms with Gasteiger partial charge in [0.25, 0.3) is 0 Å². The smallest absolute Gasteiger partial charge is 0.319 e. The molecule has 0 spiro atoms. The lowest BCUT2D eigenvalue weighted by Crippen LogP contribution is -2.29. The molecule has 1 heterocycles. The van der Waals surface area contributed by atoms with E-state index < -0.39 is 0 Å². The highest BCUT2D eigenvalue weighted by Gasteiger charge is 2.11. The molecular weight excluding hydrogens is 254 g/mol. The van der Waals surface area contributed by atoms with Gasteiger partial charge in [-0.05, 0) is 38.0 Å². The lowest BCUT2D eigenvalue weighted by molar-refractivity contribution is 0.252. The molecule has 2 rings (SSSR count). The highest BCUT2D eigenvalue weighted by atomic mass is 16.5. The predicted octanol–water partition coefficient (Wildman–Crippen LogP) is 3.49. The zero-order chi connectivity index (χ0) is 14.5. The van der Waals surface area contributed by atoms with E-state index in [0.29, 0.717) is 6.54 Å². The fraction of sp³-hybridized carbons (Fsp3) is 0.333. The first-order valence-electron chi connectivity index (χ1n) is 6.70. The zero-order valence-corrected chi connectivity index (χ0v) is 12.0. The van der Waals surface area contributed by atoms with Crippen LogP contribution in [0.2, 0.25) is 0 Å². The molecule has 20 heavy (non-hydrogen) atoms. The quantitative estimate of drug-likeness (QED) is 0.896. The summed E-state index contributed by atoms with van der Waals surface area (Å²) in [7, 11) is 0. The van der Waals surface area contributed by atoms with Crippen LogP contribution in [0.4, 0.5) is 10.5 Å². The van der Waals surface area contributed by atoms with Gasteiger partial charge in [0.1, 0.15) is 5.76 Å². The number of carbonyl (C=O) groups excluding carboxylic acids is 1. The summed E-state index contributed by atoms with van der Waals surface area (Å²) >= 11 is 0. The minimum atomic E-state index is -0.183. The minimum absolute atomic E-state index is 0.183. The normalized spacial score (nSPS) is 10.3. The molecule has 0 unspecified atom stereocenters. The maximum absolute atomic E-state index is 11.5. The van der Waals surface area contributed by atoms with Gasteiger partial charge in [-0.3, -0.25) is 0 Å². The van der Waals surface area contributed by atoms with Crippen LogP contribution in [0.1, 0.15) is 24.8 Å². The Morgan fingerprint density at radius 1 is 1.25 bits per heavy atom. The Morgan fingerprint density at radius 2 is 1.95 bits per heavy atom. The van der Waals surface area contributed by atoms with E-state index >= 15 is 0 Å². The summed E-state index contributed by atoms with van der Waals surface area (Å²) in [6, 6.07) is 7.44. The molecule has 2 aromatic rings. The van der Waals surface area contributed by atoms with E-state index in [9.17, 15) is 4.79 Å². The molecule has 0 fully saturated rings. The second-order valence-corrected chi connectivity index (χ2v) is 4.66. The molecule has 106 valence electrons. The molecule has 1 aromatic heterocycles. The van der Waals surface area contributed by atoms with Crippen LogP contribution in [0.3, 0.4) is 0 Å². The summed E-state index contributed by atoms with van der Waals surface area (Å²) in [6.45, 7) is 6.48. The number of carbonyl (C=O) groups is 1. The van der Waals surface area contributed by atoms with Crippen LogP contribution in [0.15, 0.2) is 28.8 Å². The third-order valence-corrected chi connectivity index (χ3v) is 3.00. The van der Waals surface area contributed by atoms with E-state index in [1.807, 2.05) is 45.0 Å². The summed E-state index contributed by atoms with van der Waals surface area (Å²) in [4.78, 5) is 11.5. The van der Waals surface area contributed by atoms with E-state index in [4.69, 9.17) is 4.52 Å². The van der Waals surface area contributed by atoms with E-state index in [0.717, 1.165) is 34.7 Å². The van der Waals surface area contributed by atoms with Crippen molar-refractivity contribution in [3.63, 3.8) is 0 Å². The number of urea groups is 1. The second kappa shape index (κ2) is 6.23. The number of aromatic nitrogens is 1. The molecule has 0 bridgehead atoms. The van der Waals surface area contributed by atoms with E-state index in [-0.39, 0.29) is 6.03 Å². The summed E-state index contributed by atoms with van der Waals surface area (Å²) in [6.07, 6.45) is 0.915. The van der Waals surface area contributed by atoms with Crippen LogP contribution in [0.5, 0.6) is 0 Å². The molecule has 2 N–H and O–H groups in total. The molecular formula is C15H19N3O2. The molecule has 0 radical (unpaired) electrons. The summed E-state index contributed by atoms with van der Waals surface area (Å²) in [5, 5.41) is 9.50. The molecule has 5 nitrogen and oxygen atoms in total. The molecule has 5 heteroatoms. The molecule has 2 amide bonds. The van der Waals surface area contributed by atoms with Gasteiger partial charge in [0.05, 0.1) is 5.69 Å². The lowest BCUT2D eigenvalue weighted by atomic mass is 10.0. The lowest BCUT2D eigenvalue weighted by Gasteiger charge is -2.07. The number of aryl methyl sites for hydroxylation is 2. The number of benzene rings is 1. The number of amides is 2. The van der Waals surface area contributed by atoms with Crippen LogP contribution >= 0.6 is 0 Å². The fourth-order valence-corrected chi connectivity index (χ4v) is 2.03. The van der Waals surface area contributed by atoms with Crippen molar-refractivity contribution in [2.75, 3.05) is 11.9 Å². The summed E-state index contributed by atoms with van der Waals surface area (Å²) in [5.74, 6) is 0.795. The number of nitrogens with zero attached hydrogens (tertiary/aromatic N) is 1. The van der Waals surface area contributed by atoms with Crippen molar-refractivity contribution < 1.29 is 9.32 Å². The van der Waals surface area contributed by atoms with Gasteiger partial charge in [-0.15, -0.1) is 0 Å². The highest BCUT2D eigenvalue weighted by molar-refractivity contribution is 5.89. The Morgan fingerprint density at radius 3 is 2.50 bits per heavy atom. The number of rotatable bonds is 4. The van der Waals surface area contributed by atoms with Crippen LogP contribution in [0.25, 0.3) is 11.1 Å². The van der Waals surface area contributed by atoms with Crippen molar-refractivity contribution in [3.8, 4) is 11.1 Å². The molecule has 0 aliphatic carbocycles. The van der Waals surface area contributed by atoms with Crippen molar-refractivity contribution in [1.82, 2.24) is 10.5 Å². The number of nitrogens with one attached hydrogen (secondary N) is 2. The molecule has 0 aliphatic rings. The molecule has 1 aromatic carbocycles. The molecule has 0 aliphatic heterocycles. The standard InChI is InChI=1S/C15H19N3O2/c1-4-9-16-15(19)17-13-7-5-12(6-8-13)14-10(2)18-20-11(14)3/h5-8H,4,9H2,1-3H3,(H2,16,17,19). The maximum Gasteiger partial charge on any atom is 0.319 e. The predicted molar refractivity (Wildman–Crippen MR) is 78.7 cm³/mol. The fourth-order valence-electron chi connectivity index (χ4n) is 2.03. The molecule has 0 saturated heterocycles. The third kappa shape index (κ3) is 3.17. The van der Waals surface area contributed by atoms with Crippen molar-refractivity contribution in [2.45, 2.75) is 27.2 Å². The van der Waals surface area contributed by atoms with Crippen molar-refractivity contribution in [3.05, 3.63) is 35.7 Å². The Bertz CT molecular complexity index is 568. The van der Waals surface area contributed by atoms with Gasteiger partial charge in [0, 0.05) is 17.8 Å². The zero-order valence-electron chi connectivity index (χ0n) is 12.0. The SMILES string of the molecule is CCCNC(=O)Nc1ccc(-c2c(C)noc2C)cc1. The largest absolute Gasteiger partial charge is 0.361 e. The third-order valence-electron chi connectivity index (χ3n) is 3.00. The van der Waals surface area contributed by atoms with Crippen molar-refractivity contribution in [2.24, 2.45) is 0 Å². The minimum Gasteiger partial charge on any atom is -0.361 e. The van der Waals surface area contributed by atoms with Crippen LogP contribution in [0, 0.1) is 13.8 Å². The maximum atomic E-state index is 11.5. The van der Waals surface area contributed by atoms with E-state index in [1.54, 1.807) is 0 Å². The van der Waals surface area contributed by atoms with Crippen LogP contribution in [-0.4, -0.2) is 17.7 Å². The summed E-state index contributed by atoms with van der Waals surface area (Å²) < 4.78 is 5.16. The van der Waals surface area contributed by atoms with Gasteiger partial charge >= 0.3 is 6.03 Å². The average molecular weight is 273 g/mol. The number of anilines is 1. The Kier molecular flexibility index (Phi) is 4.40. The Labute approximate surface area is 118 Å². The number of hydrogen-bond acceptors (Lipinski definition) is 3. The first-order valence-corrected chi connectivity index (χ1v) is 6.70. The van der Waals surface area contributed by atoms with Gasteiger partial charge in [-0.1, -0.05) is 24.2 Å². The first kappa shape index (κ1) is 14.1. The average Bonchev–Trinajstić information content (AvgIpc) is 2.77. The van der Waals surface area contributed by atoms with Gasteiger partial charge in [0.2, 0.25) is 0 Å². The second-order valence-electron chi connectivity index (χ2n) is 4.66. The van der Waals surface area contributed by atoms with Crippen molar-refractivity contribution >= 4 is 11.7 Å². The topological polar surface area (TPSA) is 67.2 Å². The van der Waals surface area contributed by atoms with Crippen LogP contribution in [-0.2, 0) is 0 Å². The first-order chi connectivity index (χ1) is 9.61. The van der Waals surface area contributed by atoms with Gasteiger partial charge in [-0.25, -0.2) is 4.79 Å². The van der Waals surface area contributed by atoms with Crippen molar-refractivity contribution in [1.29, 1.82) is 0 Å². The molecule has 0 saturated carbocycles. The monoisotopic (exact) mass is 273 g/mol.